The molecule has 2 fully saturated rings. The lowest BCUT2D eigenvalue weighted by Crippen LogP contribution is -2.44. The van der Waals surface area contributed by atoms with Gasteiger partial charge < -0.3 is 19.5 Å². The summed E-state index contributed by atoms with van der Waals surface area (Å²) in [5.41, 5.74) is 3.45. The molecule has 0 radical (unpaired) electrons. The number of aromatic nitrogens is 1. The van der Waals surface area contributed by atoms with Crippen LogP contribution in [0.5, 0.6) is 0 Å². The van der Waals surface area contributed by atoms with E-state index in [-0.39, 0.29) is 11.3 Å². The molecule has 0 unspecified atom stereocenters. The fourth-order valence-corrected chi connectivity index (χ4v) is 4.60. The molecular formula is C25H35N3O3. The van der Waals surface area contributed by atoms with Crippen molar-refractivity contribution in [2.75, 3.05) is 39.4 Å². The van der Waals surface area contributed by atoms with E-state index >= 15 is 0 Å². The molecule has 2 saturated heterocycles. The first-order valence-corrected chi connectivity index (χ1v) is 11.5. The normalized spacial score (nSPS) is 22.5. The Morgan fingerprint density at radius 3 is 2.61 bits per heavy atom. The van der Waals surface area contributed by atoms with Crippen LogP contribution >= 0.6 is 0 Å². The summed E-state index contributed by atoms with van der Waals surface area (Å²) in [5.74, 6) is 1.84. The zero-order chi connectivity index (χ0) is 21.8. The van der Waals surface area contributed by atoms with E-state index in [1.165, 1.54) is 5.56 Å². The van der Waals surface area contributed by atoms with Gasteiger partial charge in [-0.05, 0) is 48.7 Å². The third kappa shape index (κ3) is 5.55. The van der Waals surface area contributed by atoms with Crippen LogP contribution in [0.3, 0.4) is 0 Å². The van der Waals surface area contributed by atoms with Gasteiger partial charge in [0.25, 0.3) is 0 Å². The molecule has 2 aliphatic rings. The van der Waals surface area contributed by atoms with E-state index in [4.69, 9.17) is 9.26 Å². The SMILES string of the molecule is CC(C)(C)c1ccc(-c2cc(C[C@H]3CNCC[C@H]3CC(=O)N3CCOCC3)no2)cc1. The standard InChI is InChI=1S/C25H35N3O3/c1-25(2,3)21-6-4-18(5-7-21)23-16-22(27-31-23)14-20-17-26-9-8-19(20)15-24(29)28-10-12-30-13-11-28/h4-7,16,19-20,26H,8-15,17H2,1-3H3/t19-,20-/m0/s1. The Morgan fingerprint density at radius 2 is 1.90 bits per heavy atom. The molecule has 4 rings (SSSR count). The number of benzene rings is 1. The third-order valence-corrected chi connectivity index (χ3v) is 6.63. The second-order valence-electron chi connectivity index (χ2n) is 9.92. The molecule has 0 aliphatic carbocycles. The van der Waals surface area contributed by atoms with Crippen LogP contribution in [0.2, 0.25) is 0 Å². The highest BCUT2D eigenvalue weighted by atomic mass is 16.5. The van der Waals surface area contributed by atoms with Gasteiger partial charge >= 0.3 is 0 Å². The number of hydrogen-bond donors (Lipinski definition) is 1. The van der Waals surface area contributed by atoms with Gasteiger partial charge in [0.1, 0.15) is 0 Å². The van der Waals surface area contributed by atoms with E-state index in [2.05, 4.69) is 61.6 Å². The number of amides is 1. The first kappa shape index (κ1) is 22.0. The van der Waals surface area contributed by atoms with E-state index in [9.17, 15) is 4.79 Å². The molecule has 1 aromatic heterocycles. The van der Waals surface area contributed by atoms with Crippen molar-refractivity contribution in [3.05, 3.63) is 41.6 Å². The van der Waals surface area contributed by atoms with Crippen molar-refractivity contribution in [1.29, 1.82) is 0 Å². The average Bonchev–Trinajstić information content (AvgIpc) is 3.24. The minimum absolute atomic E-state index is 0.132. The second-order valence-corrected chi connectivity index (χ2v) is 9.92. The molecule has 0 saturated carbocycles. The molecule has 2 aliphatic heterocycles. The molecule has 6 heteroatoms. The van der Waals surface area contributed by atoms with Crippen molar-refractivity contribution in [2.45, 2.75) is 45.4 Å². The smallest absolute Gasteiger partial charge is 0.223 e. The highest BCUT2D eigenvalue weighted by Crippen LogP contribution is 2.30. The maximum absolute atomic E-state index is 12.8. The zero-order valence-electron chi connectivity index (χ0n) is 19.0. The largest absolute Gasteiger partial charge is 0.378 e. The van der Waals surface area contributed by atoms with Crippen molar-refractivity contribution in [1.82, 2.24) is 15.4 Å². The van der Waals surface area contributed by atoms with Crippen LogP contribution in [0.1, 0.15) is 44.9 Å². The van der Waals surface area contributed by atoms with Crippen molar-refractivity contribution in [2.24, 2.45) is 11.8 Å². The Bertz CT molecular complexity index is 863. The van der Waals surface area contributed by atoms with Crippen molar-refractivity contribution >= 4 is 5.91 Å². The number of nitrogens with zero attached hydrogens (tertiary/aromatic N) is 2. The number of piperidine rings is 1. The summed E-state index contributed by atoms with van der Waals surface area (Å²) >= 11 is 0. The van der Waals surface area contributed by atoms with Crippen molar-refractivity contribution < 1.29 is 14.1 Å². The number of ether oxygens (including phenoxy) is 1. The second kappa shape index (κ2) is 9.53. The topological polar surface area (TPSA) is 67.6 Å². The molecule has 31 heavy (non-hydrogen) atoms. The van der Waals surface area contributed by atoms with Crippen LogP contribution in [-0.2, 0) is 21.4 Å². The summed E-state index contributed by atoms with van der Waals surface area (Å²) in [7, 11) is 0. The molecule has 0 bridgehead atoms. The Hall–Kier alpha value is -2.18. The van der Waals surface area contributed by atoms with Gasteiger partial charge in [-0.15, -0.1) is 0 Å². The maximum Gasteiger partial charge on any atom is 0.223 e. The number of rotatable bonds is 5. The Labute approximate surface area is 185 Å². The van der Waals surface area contributed by atoms with E-state index < -0.39 is 0 Å². The minimum atomic E-state index is 0.132. The molecule has 2 aromatic rings. The molecule has 3 heterocycles. The van der Waals surface area contributed by atoms with Gasteiger partial charge in [0.05, 0.1) is 18.9 Å². The molecule has 1 aromatic carbocycles. The summed E-state index contributed by atoms with van der Waals surface area (Å²) < 4.78 is 11.0. The van der Waals surface area contributed by atoms with Crippen molar-refractivity contribution in [3.8, 4) is 11.3 Å². The van der Waals surface area contributed by atoms with Gasteiger partial charge in [0.15, 0.2) is 5.76 Å². The first-order valence-electron chi connectivity index (χ1n) is 11.5. The molecule has 6 nitrogen and oxygen atoms in total. The van der Waals surface area contributed by atoms with Crippen LogP contribution in [0.15, 0.2) is 34.9 Å². The molecule has 1 amide bonds. The van der Waals surface area contributed by atoms with Crippen molar-refractivity contribution in [3.63, 3.8) is 0 Å². The Kier molecular flexibility index (Phi) is 6.77. The summed E-state index contributed by atoms with van der Waals surface area (Å²) in [6, 6.07) is 10.6. The van der Waals surface area contributed by atoms with Crippen LogP contribution in [0.25, 0.3) is 11.3 Å². The van der Waals surface area contributed by atoms with Gasteiger partial charge in [0.2, 0.25) is 5.91 Å². The maximum atomic E-state index is 12.8. The molecular weight excluding hydrogens is 390 g/mol. The number of carbonyl (C=O) groups is 1. The highest BCUT2D eigenvalue weighted by molar-refractivity contribution is 5.76. The lowest BCUT2D eigenvalue weighted by Gasteiger charge is -2.34. The monoisotopic (exact) mass is 425 g/mol. The molecule has 168 valence electrons. The molecule has 0 spiro atoms. The van der Waals surface area contributed by atoms with Gasteiger partial charge in [-0.2, -0.15) is 0 Å². The number of hydrogen-bond acceptors (Lipinski definition) is 5. The summed E-state index contributed by atoms with van der Waals surface area (Å²) in [4.78, 5) is 14.7. The summed E-state index contributed by atoms with van der Waals surface area (Å²) in [5, 5.41) is 7.84. The summed E-state index contributed by atoms with van der Waals surface area (Å²) in [6.45, 7) is 11.3. The van der Waals surface area contributed by atoms with Crippen LogP contribution < -0.4 is 5.32 Å². The fourth-order valence-electron chi connectivity index (χ4n) is 4.60. The molecule has 1 N–H and O–H groups in total. The van der Waals surface area contributed by atoms with E-state index in [1.807, 2.05) is 4.90 Å². The van der Waals surface area contributed by atoms with E-state index in [0.29, 0.717) is 31.5 Å². The van der Waals surface area contributed by atoms with Crippen LogP contribution in [0, 0.1) is 11.8 Å². The quantitative estimate of drug-likeness (QED) is 0.792. The third-order valence-electron chi connectivity index (χ3n) is 6.63. The average molecular weight is 426 g/mol. The minimum Gasteiger partial charge on any atom is -0.378 e. The zero-order valence-corrected chi connectivity index (χ0v) is 19.0. The molecule has 2 atom stereocenters. The van der Waals surface area contributed by atoms with Gasteiger partial charge in [-0.3, -0.25) is 4.79 Å². The highest BCUT2D eigenvalue weighted by Gasteiger charge is 2.30. The van der Waals surface area contributed by atoms with Crippen LogP contribution in [0.4, 0.5) is 0 Å². The Morgan fingerprint density at radius 1 is 1.16 bits per heavy atom. The number of nitrogens with one attached hydrogen (secondary N) is 1. The number of morpholine rings is 1. The van der Waals surface area contributed by atoms with Gasteiger partial charge in [-0.25, -0.2) is 0 Å². The Balaban J connectivity index is 1.39. The first-order chi connectivity index (χ1) is 14.9. The van der Waals surface area contributed by atoms with Gasteiger partial charge in [-0.1, -0.05) is 50.2 Å². The lowest BCUT2D eigenvalue weighted by molar-refractivity contribution is -0.136. The van der Waals surface area contributed by atoms with E-state index in [0.717, 1.165) is 56.0 Å². The van der Waals surface area contributed by atoms with E-state index in [1.54, 1.807) is 0 Å². The number of carbonyl (C=O) groups excluding carboxylic acids is 1. The predicted octanol–water partition coefficient (Wildman–Crippen LogP) is 3.66. The fraction of sp³-hybridized carbons (Fsp3) is 0.600. The van der Waals surface area contributed by atoms with Gasteiger partial charge in [0, 0.05) is 31.1 Å². The predicted molar refractivity (Wildman–Crippen MR) is 121 cm³/mol. The summed E-state index contributed by atoms with van der Waals surface area (Å²) in [6.07, 6.45) is 2.47. The van der Waals surface area contributed by atoms with Crippen LogP contribution in [-0.4, -0.2) is 55.4 Å². The lowest BCUT2D eigenvalue weighted by atomic mass is 9.81.